The van der Waals surface area contributed by atoms with Crippen LogP contribution in [0.4, 0.5) is 5.13 Å². The average Bonchev–Trinajstić information content (AvgIpc) is 2.88. The molecule has 0 amide bonds. The minimum absolute atomic E-state index is 0.567. The van der Waals surface area contributed by atoms with E-state index in [0.717, 1.165) is 22.5 Å². The molecule has 1 N–H and O–H groups in total. The Morgan fingerprint density at radius 3 is 2.85 bits per heavy atom. The Balaban J connectivity index is 1.92. The number of aromatic nitrogens is 2. The lowest BCUT2D eigenvalue weighted by atomic mass is 10.2. The van der Waals surface area contributed by atoms with Crippen molar-refractivity contribution in [3.05, 3.63) is 5.01 Å². The molecule has 1 aromatic heterocycles. The number of rotatable bonds is 4. The second-order valence-corrected chi connectivity index (χ2v) is 4.69. The molecule has 1 aliphatic carbocycles. The van der Waals surface area contributed by atoms with Gasteiger partial charge < -0.3 is 5.32 Å². The fraction of sp³-hybridized carbons (Fsp3) is 0.778. The molecule has 13 heavy (non-hydrogen) atoms. The predicted molar refractivity (Wildman–Crippen MR) is 55.1 cm³/mol. The summed E-state index contributed by atoms with van der Waals surface area (Å²) in [5.41, 5.74) is 0. The Morgan fingerprint density at radius 2 is 2.31 bits per heavy atom. The van der Waals surface area contributed by atoms with Crippen molar-refractivity contribution in [3.8, 4) is 0 Å². The first-order valence-corrected chi connectivity index (χ1v) is 5.70. The van der Waals surface area contributed by atoms with Gasteiger partial charge in [0, 0.05) is 6.04 Å². The van der Waals surface area contributed by atoms with Crippen molar-refractivity contribution >= 4 is 16.5 Å². The summed E-state index contributed by atoms with van der Waals surface area (Å²) in [6, 6.07) is 0.567. The van der Waals surface area contributed by atoms with E-state index in [4.69, 9.17) is 0 Å². The quantitative estimate of drug-likeness (QED) is 0.805. The third-order valence-electron chi connectivity index (χ3n) is 2.45. The lowest BCUT2D eigenvalue weighted by Gasteiger charge is -2.09. The fourth-order valence-electron chi connectivity index (χ4n) is 1.36. The van der Waals surface area contributed by atoms with Crippen LogP contribution in [0.1, 0.15) is 31.7 Å². The van der Waals surface area contributed by atoms with E-state index in [9.17, 15) is 0 Å². The van der Waals surface area contributed by atoms with Gasteiger partial charge in [-0.1, -0.05) is 18.3 Å². The third-order valence-corrected chi connectivity index (χ3v) is 3.45. The van der Waals surface area contributed by atoms with Crippen LogP contribution in [-0.2, 0) is 6.42 Å². The van der Waals surface area contributed by atoms with Crippen molar-refractivity contribution < 1.29 is 0 Å². The smallest absolute Gasteiger partial charge is 0.205 e. The molecule has 0 bridgehead atoms. The van der Waals surface area contributed by atoms with Crippen LogP contribution in [0.2, 0.25) is 0 Å². The first-order valence-electron chi connectivity index (χ1n) is 4.88. The van der Waals surface area contributed by atoms with Crippen LogP contribution in [-0.4, -0.2) is 16.2 Å². The predicted octanol–water partition coefficient (Wildman–Crippen LogP) is 2.31. The van der Waals surface area contributed by atoms with Gasteiger partial charge in [-0.2, -0.15) is 0 Å². The Labute approximate surface area is 82.6 Å². The summed E-state index contributed by atoms with van der Waals surface area (Å²) in [7, 11) is 0. The third kappa shape index (κ3) is 2.18. The molecule has 0 saturated heterocycles. The molecule has 72 valence electrons. The Morgan fingerprint density at radius 1 is 1.54 bits per heavy atom. The van der Waals surface area contributed by atoms with Crippen LogP contribution in [0.3, 0.4) is 0 Å². The highest BCUT2D eigenvalue weighted by atomic mass is 32.1. The lowest BCUT2D eigenvalue weighted by Crippen LogP contribution is -2.16. The summed E-state index contributed by atoms with van der Waals surface area (Å²) in [4.78, 5) is 0. The van der Waals surface area contributed by atoms with E-state index in [0.29, 0.717) is 6.04 Å². The van der Waals surface area contributed by atoms with Gasteiger partial charge in [0.25, 0.3) is 0 Å². The van der Waals surface area contributed by atoms with Crippen molar-refractivity contribution in [2.24, 2.45) is 5.92 Å². The van der Waals surface area contributed by atoms with Gasteiger partial charge in [0.15, 0.2) is 0 Å². The van der Waals surface area contributed by atoms with Gasteiger partial charge in [0.1, 0.15) is 5.01 Å². The van der Waals surface area contributed by atoms with Gasteiger partial charge in [-0.3, -0.25) is 0 Å². The molecule has 0 radical (unpaired) electrons. The topological polar surface area (TPSA) is 37.8 Å². The second kappa shape index (κ2) is 3.62. The highest BCUT2D eigenvalue weighted by molar-refractivity contribution is 7.15. The molecule has 4 heteroatoms. The summed E-state index contributed by atoms with van der Waals surface area (Å²) < 4.78 is 0. The van der Waals surface area contributed by atoms with Gasteiger partial charge in [-0.25, -0.2) is 0 Å². The van der Waals surface area contributed by atoms with Crippen LogP contribution >= 0.6 is 11.3 Å². The Hall–Kier alpha value is -0.640. The Bertz CT molecular complexity index is 280. The van der Waals surface area contributed by atoms with Crippen LogP contribution < -0.4 is 5.32 Å². The first-order chi connectivity index (χ1) is 6.29. The zero-order valence-corrected chi connectivity index (χ0v) is 8.90. The molecule has 0 aliphatic heterocycles. The van der Waals surface area contributed by atoms with Crippen LogP contribution in [0.25, 0.3) is 0 Å². The first kappa shape index (κ1) is 8.94. The molecule has 1 fully saturated rings. The van der Waals surface area contributed by atoms with E-state index in [-0.39, 0.29) is 0 Å². The van der Waals surface area contributed by atoms with Gasteiger partial charge >= 0.3 is 0 Å². The molecule has 1 heterocycles. The molecular weight excluding hydrogens is 182 g/mol. The van der Waals surface area contributed by atoms with E-state index >= 15 is 0 Å². The molecule has 0 spiro atoms. The molecule has 1 aromatic rings. The summed E-state index contributed by atoms with van der Waals surface area (Å²) in [6.07, 6.45) is 3.72. The monoisotopic (exact) mass is 197 g/mol. The van der Waals surface area contributed by atoms with E-state index < -0.39 is 0 Å². The normalized spacial score (nSPS) is 18.6. The van der Waals surface area contributed by atoms with Gasteiger partial charge in [0.2, 0.25) is 5.13 Å². The highest BCUT2D eigenvalue weighted by Crippen LogP contribution is 2.34. The number of nitrogens with zero attached hydrogens (tertiary/aromatic N) is 2. The van der Waals surface area contributed by atoms with E-state index in [1.54, 1.807) is 11.3 Å². The van der Waals surface area contributed by atoms with Gasteiger partial charge in [0.05, 0.1) is 0 Å². The molecule has 1 saturated carbocycles. The van der Waals surface area contributed by atoms with E-state index in [1.807, 2.05) is 0 Å². The molecule has 1 unspecified atom stereocenters. The number of anilines is 1. The maximum absolute atomic E-state index is 4.09. The number of nitrogens with one attached hydrogen (secondary N) is 1. The zero-order valence-electron chi connectivity index (χ0n) is 8.08. The second-order valence-electron chi connectivity index (χ2n) is 3.62. The molecule has 1 aliphatic rings. The summed E-state index contributed by atoms with van der Waals surface area (Å²) in [5, 5.41) is 13.7. The van der Waals surface area contributed by atoms with Crippen molar-refractivity contribution in [3.63, 3.8) is 0 Å². The maximum Gasteiger partial charge on any atom is 0.205 e. The van der Waals surface area contributed by atoms with Crippen molar-refractivity contribution in [1.82, 2.24) is 10.2 Å². The fourth-order valence-corrected chi connectivity index (χ4v) is 2.14. The lowest BCUT2D eigenvalue weighted by molar-refractivity contribution is 0.691. The van der Waals surface area contributed by atoms with E-state index in [2.05, 4.69) is 29.4 Å². The zero-order chi connectivity index (χ0) is 9.26. The minimum atomic E-state index is 0.567. The molecule has 2 rings (SSSR count). The SMILES string of the molecule is CCc1nnc(NC(C)C2CC2)s1. The molecular formula is C9H15N3S. The minimum Gasteiger partial charge on any atom is -0.357 e. The molecule has 3 nitrogen and oxygen atoms in total. The summed E-state index contributed by atoms with van der Waals surface area (Å²) >= 11 is 1.67. The van der Waals surface area contributed by atoms with Gasteiger partial charge in [-0.15, -0.1) is 10.2 Å². The number of hydrogen-bond acceptors (Lipinski definition) is 4. The standard InChI is InChI=1S/C9H15N3S/c1-3-8-11-12-9(13-8)10-6(2)7-4-5-7/h6-7H,3-5H2,1-2H3,(H,10,12). The highest BCUT2D eigenvalue weighted by Gasteiger charge is 2.28. The summed E-state index contributed by atoms with van der Waals surface area (Å²) in [6.45, 7) is 4.33. The average molecular weight is 197 g/mol. The van der Waals surface area contributed by atoms with E-state index in [1.165, 1.54) is 12.8 Å². The van der Waals surface area contributed by atoms with Crippen molar-refractivity contribution in [1.29, 1.82) is 0 Å². The molecule has 0 aromatic carbocycles. The molecule has 1 atom stereocenters. The van der Waals surface area contributed by atoms with Gasteiger partial charge in [-0.05, 0) is 32.1 Å². The van der Waals surface area contributed by atoms with Crippen LogP contribution in [0.5, 0.6) is 0 Å². The largest absolute Gasteiger partial charge is 0.357 e. The number of hydrogen-bond donors (Lipinski definition) is 1. The van der Waals surface area contributed by atoms with Crippen LogP contribution in [0, 0.1) is 5.92 Å². The van der Waals surface area contributed by atoms with Crippen molar-refractivity contribution in [2.75, 3.05) is 5.32 Å². The van der Waals surface area contributed by atoms with Crippen LogP contribution in [0.15, 0.2) is 0 Å². The summed E-state index contributed by atoms with van der Waals surface area (Å²) in [5.74, 6) is 0.869. The Kier molecular flexibility index (Phi) is 2.49. The number of aryl methyl sites for hydroxylation is 1. The maximum atomic E-state index is 4.09. The van der Waals surface area contributed by atoms with Crippen molar-refractivity contribution in [2.45, 2.75) is 39.2 Å².